The van der Waals surface area contributed by atoms with Crippen molar-refractivity contribution < 1.29 is 14.0 Å². The lowest BCUT2D eigenvalue weighted by Gasteiger charge is -2.17. The number of carbonyl (C=O) groups excluding carboxylic acids is 2. The van der Waals surface area contributed by atoms with E-state index in [2.05, 4.69) is 17.6 Å². The minimum Gasteiger partial charge on any atom is -0.355 e. The highest BCUT2D eigenvalue weighted by Crippen LogP contribution is 2.27. The van der Waals surface area contributed by atoms with Gasteiger partial charge in [-0.2, -0.15) is 0 Å². The number of nitrogens with one attached hydrogen (secondary N) is 2. The second-order valence-corrected chi connectivity index (χ2v) is 5.40. The molecule has 1 fully saturated rings. The van der Waals surface area contributed by atoms with E-state index >= 15 is 0 Å². The quantitative estimate of drug-likeness (QED) is 0.746. The van der Waals surface area contributed by atoms with Crippen molar-refractivity contribution in [3.05, 3.63) is 30.1 Å². The summed E-state index contributed by atoms with van der Waals surface area (Å²) >= 11 is 0. The first-order valence-corrected chi connectivity index (χ1v) is 7.66. The van der Waals surface area contributed by atoms with E-state index in [9.17, 15) is 14.0 Å². The number of hydrogen-bond donors (Lipinski definition) is 2. The molecule has 2 rings (SSSR count). The van der Waals surface area contributed by atoms with Crippen molar-refractivity contribution in [3.8, 4) is 0 Å². The number of amides is 2. The smallest absolute Gasteiger partial charge is 0.227 e. The topological polar surface area (TPSA) is 61.4 Å². The van der Waals surface area contributed by atoms with Crippen molar-refractivity contribution in [1.29, 1.82) is 0 Å². The molecule has 1 aromatic rings. The molecule has 1 heterocycles. The van der Waals surface area contributed by atoms with Crippen LogP contribution in [-0.2, 0) is 9.59 Å². The van der Waals surface area contributed by atoms with Gasteiger partial charge in [0.25, 0.3) is 0 Å². The SMILES string of the molecule is CCCNCCNC(=O)C1CC(=O)N(c2ccccc2F)C1. The van der Waals surface area contributed by atoms with Crippen LogP contribution in [0.15, 0.2) is 24.3 Å². The molecule has 120 valence electrons. The Hall–Kier alpha value is -1.95. The van der Waals surface area contributed by atoms with Gasteiger partial charge in [0.15, 0.2) is 0 Å². The molecular weight excluding hydrogens is 285 g/mol. The van der Waals surface area contributed by atoms with E-state index in [-0.39, 0.29) is 30.5 Å². The molecule has 22 heavy (non-hydrogen) atoms. The predicted octanol–water partition coefficient (Wildman–Crippen LogP) is 1.29. The third kappa shape index (κ3) is 4.04. The fourth-order valence-corrected chi connectivity index (χ4v) is 2.51. The Balaban J connectivity index is 1.87. The Morgan fingerprint density at radius 3 is 2.82 bits per heavy atom. The molecule has 0 aliphatic carbocycles. The highest BCUT2D eigenvalue weighted by molar-refractivity contribution is 6.00. The van der Waals surface area contributed by atoms with Crippen LogP contribution in [-0.4, -0.2) is 38.0 Å². The van der Waals surface area contributed by atoms with E-state index in [1.165, 1.54) is 11.0 Å². The molecule has 0 spiro atoms. The third-order valence-electron chi connectivity index (χ3n) is 3.67. The third-order valence-corrected chi connectivity index (χ3v) is 3.67. The van der Waals surface area contributed by atoms with E-state index in [1.54, 1.807) is 18.2 Å². The Bertz CT molecular complexity index is 536. The van der Waals surface area contributed by atoms with Crippen molar-refractivity contribution in [2.75, 3.05) is 31.1 Å². The molecule has 1 aliphatic rings. The maximum Gasteiger partial charge on any atom is 0.227 e. The Kier molecular flexibility index (Phi) is 5.89. The molecule has 0 radical (unpaired) electrons. The van der Waals surface area contributed by atoms with E-state index in [4.69, 9.17) is 0 Å². The highest BCUT2D eigenvalue weighted by Gasteiger charge is 2.35. The molecule has 1 aromatic carbocycles. The van der Waals surface area contributed by atoms with Crippen LogP contribution in [0.3, 0.4) is 0 Å². The molecule has 1 atom stereocenters. The lowest BCUT2D eigenvalue weighted by molar-refractivity contribution is -0.126. The first-order valence-electron chi connectivity index (χ1n) is 7.66. The highest BCUT2D eigenvalue weighted by atomic mass is 19.1. The second kappa shape index (κ2) is 7.89. The van der Waals surface area contributed by atoms with Crippen LogP contribution in [0.1, 0.15) is 19.8 Å². The minimum atomic E-state index is -0.444. The number of halogens is 1. The number of benzene rings is 1. The van der Waals surface area contributed by atoms with Crippen LogP contribution in [0.5, 0.6) is 0 Å². The molecule has 2 amide bonds. The molecule has 0 aromatic heterocycles. The molecule has 1 aliphatic heterocycles. The van der Waals surface area contributed by atoms with Crippen LogP contribution >= 0.6 is 0 Å². The van der Waals surface area contributed by atoms with E-state index < -0.39 is 11.7 Å². The maximum absolute atomic E-state index is 13.8. The zero-order chi connectivity index (χ0) is 15.9. The standard InChI is InChI=1S/C16H22FN3O2/c1-2-7-18-8-9-19-16(22)12-10-15(21)20(11-12)14-6-4-3-5-13(14)17/h3-6,12,18H,2,7-11H2,1H3,(H,19,22). The number of para-hydroxylation sites is 1. The molecule has 0 bridgehead atoms. The number of carbonyl (C=O) groups is 2. The van der Waals surface area contributed by atoms with Crippen molar-refractivity contribution in [2.24, 2.45) is 5.92 Å². The zero-order valence-electron chi connectivity index (χ0n) is 12.8. The van der Waals surface area contributed by atoms with E-state index in [0.29, 0.717) is 13.1 Å². The van der Waals surface area contributed by atoms with E-state index in [0.717, 1.165) is 13.0 Å². The molecular formula is C16H22FN3O2. The number of anilines is 1. The average Bonchev–Trinajstić information content (AvgIpc) is 2.89. The van der Waals surface area contributed by atoms with Gasteiger partial charge in [0.2, 0.25) is 11.8 Å². The summed E-state index contributed by atoms with van der Waals surface area (Å²) in [5.41, 5.74) is 0.243. The van der Waals surface area contributed by atoms with Crippen LogP contribution < -0.4 is 15.5 Å². The number of nitrogens with zero attached hydrogens (tertiary/aromatic N) is 1. The first-order chi connectivity index (χ1) is 10.6. The van der Waals surface area contributed by atoms with Crippen molar-refractivity contribution in [3.63, 3.8) is 0 Å². The van der Waals surface area contributed by atoms with Gasteiger partial charge in [-0.15, -0.1) is 0 Å². The first kappa shape index (κ1) is 16.4. The summed E-state index contributed by atoms with van der Waals surface area (Å²) in [6.45, 7) is 4.46. The van der Waals surface area contributed by atoms with Crippen LogP contribution in [0.25, 0.3) is 0 Å². The molecule has 5 nitrogen and oxygen atoms in total. The lowest BCUT2D eigenvalue weighted by atomic mass is 10.1. The van der Waals surface area contributed by atoms with Gasteiger partial charge in [0.1, 0.15) is 5.82 Å². The van der Waals surface area contributed by atoms with Gasteiger partial charge in [-0.1, -0.05) is 19.1 Å². The Morgan fingerprint density at radius 1 is 1.32 bits per heavy atom. The van der Waals surface area contributed by atoms with Crippen molar-refractivity contribution in [1.82, 2.24) is 10.6 Å². The second-order valence-electron chi connectivity index (χ2n) is 5.40. The van der Waals surface area contributed by atoms with Gasteiger partial charge in [-0.05, 0) is 25.1 Å². The van der Waals surface area contributed by atoms with Gasteiger partial charge in [0, 0.05) is 26.1 Å². The summed E-state index contributed by atoms with van der Waals surface area (Å²) in [4.78, 5) is 25.5. The largest absolute Gasteiger partial charge is 0.355 e. The lowest BCUT2D eigenvalue weighted by Crippen LogP contribution is -2.37. The normalized spacial score (nSPS) is 17.8. The maximum atomic E-state index is 13.8. The van der Waals surface area contributed by atoms with E-state index in [1.807, 2.05) is 0 Å². The molecule has 0 saturated carbocycles. The molecule has 1 saturated heterocycles. The monoisotopic (exact) mass is 307 g/mol. The summed E-state index contributed by atoms with van der Waals surface area (Å²) < 4.78 is 13.8. The minimum absolute atomic E-state index is 0.128. The van der Waals surface area contributed by atoms with Gasteiger partial charge in [-0.3, -0.25) is 9.59 Å². The summed E-state index contributed by atoms with van der Waals surface area (Å²) in [6.07, 6.45) is 1.17. The van der Waals surface area contributed by atoms with Gasteiger partial charge in [0.05, 0.1) is 11.6 Å². The molecule has 1 unspecified atom stereocenters. The van der Waals surface area contributed by atoms with Gasteiger partial charge < -0.3 is 15.5 Å². The van der Waals surface area contributed by atoms with Gasteiger partial charge in [-0.25, -0.2) is 4.39 Å². The predicted molar refractivity (Wildman–Crippen MR) is 83.0 cm³/mol. The zero-order valence-corrected chi connectivity index (χ0v) is 12.8. The van der Waals surface area contributed by atoms with Crippen LogP contribution in [0, 0.1) is 11.7 Å². The van der Waals surface area contributed by atoms with Crippen molar-refractivity contribution >= 4 is 17.5 Å². The fraction of sp³-hybridized carbons (Fsp3) is 0.500. The number of rotatable bonds is 7. The van der Waals surface area contributed by atoms with Crippen molar-refractivity contribution in [2.45, 2.75) is 19.8 Å². The summed E-state index contributed by atoms with van der Waals surface area (Å²) in [6, 6.07) is 6.13. The average molecular weight is 307 g/mol. The Morgan fingerprint density at radius 2 is 2.09 bits per heavy atom. The summed E-state index contributed by atoms with van der Waals surface area (Å²) in [7, 11) is 0. The molecule has 2 N–H and O–H groups in total. The van der Waals surface area contributed by atoms with Crippen LogP contribution in [0.4, 0.5) is 10.1 Å². The number of hydrogen-bond acceptors (Lipinski definition) is 3. The molecule has 6 heteroatoms. The summed E-state index contributed by atoms with van der Waals surface area (Å²) in [5, 5.41) is 6.01. The fourth-order valence-electron chi connectivity index (χ4n) is 2.51. The Labute approximate surface area is 129 Å². The van der Waals surface area contributed by atoms with Gasteiger partial charge >= 0.3 is 0 Å². The summed E-state index contributed by atoms with van der Waals surface area (Å²) in [5.74, 6) is -1.22. The van der Waals surface area contributed by atoms with Crippen LogP contribution in [0.2, 0.25) is 0 Å².